The minimum atomic E-state index is -0.0267. The van der Waals surface area contributed by atoms with Gasteiger partial charge in [0.05, 0.1) is 12.3 Å². The van der Waals surface area contributed by atoms with Crippen LogP contribution >= 0.6 is 11.6 Å². The van der Waals surface area contributed by atoms with Crippen LogP contribution in [0.4, 0.5) is 5.69 Å². The van der Waals surface area contributed by atoms with Crippen LogP contribution in [-0.2, 0) is 11.2 Å². The Morgan fingerprint density at radius 2 is 2.42 bits per heavy atom. The minimum Gasteiger partial charge on any atom is -0.491 e. The van der Waals surface area contributed by atoms with Crippen molar-refractivity contribution in [3.63, 3.8) is 0 Å². The van der Waals surface area contributed by atoms with Crippen LogP contribution in [0.25, 0.3) is 0 Å². The molecule has 1 unspecified atom stereocenters. The van der Waals surface area contributed by atoms with E-state index in [1.807, 2.05) is 6.07 Å². The van der Waals surface area contributed by atoms with Crippen molar-refractivity contribution in [1.29, 1.82) is 0 Å². The van der Waals surface area contributed by atoms with E-state index in [0.29, 0.717) is 23.7 Å². The number of fused-ring (bicyclic) bond motifs is 1. The standard InChI is InChI=1S/C13H16ClN3O2/c14-9-5-8-2-4-19-13(8)11(6-9)16-12(18)7-10-1-3-15-17-10/h5-6,10,15,17H,1-4,7H2,(H,16,18). The highest BCUT2D eigenvalue weighted by atomic mass is 35.5. The van der Waals surface area contributed by atoms with E-state index >= 15 is 0 Å². The Morgan fingerprint density at radius 1 is 1.53 bits per heavy atom. The number of halogens is 1. The molecular weight excluding hydrogens is 266 g/mol. The topological polar surface area (TPSA) is 62.4 Å². The molecule has 0 saturated carbocycles. The first kappa shape index (κ1) is 12.7. The quantitative estimate of drug-likeness (QED) is 0.785. The summed E-state index contributed by atoms with van der Waals surface area (Å²) in [4.78, 5) is 12.0. The Bertz CT molecular complexity index is 501. The summed E-state index contributed by atoms with van der Waals surface area (Å²) in [6.45, 7) is 1.54. The lowest BCUT2D eigenvalue weighted by atomic mass is 10.1. The summed E-state index contributed by atoms with van der Waals surface area (Å²) in [6.07, 6.45) is 2.23. The maximum Gasteiger partial charge on any atom is 0.226 e. The van der Waals surface area contributed by atoms with E-state index in [4.69, 9.17) is 16.3 Å². The molecule has 0 aliphatic carbocycles. The molecule has 0 radical (unpaired) electrons. The first-order valence-corrected chi connectivity index (χ1v) is 6.83. The van der Waals surface area contributed by atoms with Gasteiger partial charge in [-0.3, -0.25) is 15.6 Å². The molecule has 5 nitrogen and oxygen atoms in total. The van der Waals surface area contributed by atoms with Gasteiger partial charge < -0.3 is 10.1 Å². The van der Waals surface area contributed by atoms with E-state index in [2.05, 4.69) is 16.2 Å². The Balaban J connectivity index is 1.70. The average Bonchev–Trinajstić information content (AvgIpc) is 2.99. The summed E-state index contributed by atoms with van der Waals surface area (Å²) in [6, 6.07) is 3.82. The second-order valence-electron chi connectivity index (χ2n) is 4.85. The van der Waals surface area contributed by atoms with Gasteiger partial charge in [0.15, 0.2) is 0 Å². The lowest BCUT2D eigenvalue weighted by molar-refractivity contribution is -0.116. The molecule has 3 rings (SSSR count). The second-order valence-corrected chi connectivity index (χ2v) is 5.29. The van der Waals surface area contributed by atoms with Gasteiger partial charge in [0.25, 0.3) is 0 Å². The second kappa shape index (κ2) is 5.36. The molecule has 2 heterocycles. The molecule has 1 atom stereocenters. The molecule has 1 fully saturated rings. The molecule has 1 amide bonds. The van der Waals surface area contributed by atoms with Gasteiger partial charge in [-0.25, -0.2) is 0 Å². The Labute approximate surface area is 116 Å². The highest BCUT2D eigenvalue weighted by molar-refractivity contribution is 6.31. The van der Waals surface area contributed by atoms with E-state index in [1.54, 1.807) is 6.07 Å². The number of hydrogen-bond donors (Lipinski definition) is 3. The zero-order valence-corrected chi connectivity index (χ0v) is 11.2. The van der Waals surface area contributed by atoms with E-state index in [1.165, 1.54) is 0 Å². The van der Waals surface area contributed by atoms with E-state index in [0.717, 1.165) is 30.7 Å². The monoisotopic (exact) mass is 281 g/mol. The number of hydrogen-bond acceptors (Lipinski definition) is 4. The fourth-order valence-electron chi connectivity index (χ4n) is 2.48. The number of carbonyl (C=O) groups is 1. The van der Waals surface area contributed by atoms with Crippen molar-refractivity contribution in [3.05, 3.63) is 22.7 Å². The van der Waals surface area contributed by atoms with Crippen LogP contribution in [-0.4, -0.2) is 25.1 Å². The first-order valence-electron chi connectivity index (χ1n) is 6.46. The summed E-state index contributed by atoms with van der Waals surface area (Å²) in [5.41, 5.74) is 7.82. The number of rotatable bonds is 3. The number of carbonyl (C=O) groups excluding carboxylic acids is 1. The van der Waals surface area contributed by atoms with Crippen LogP contribution in [0.2, 0.25) is 5.02 Å². The predicted octanol–water partition coefficient (Wildman–Crippen LogP) is 1.47. The number of anilines is 1. The van der Waals surface area contributed by atoms with Gasteiger partial charge in [-0.05, 0) is 18.6 Å². The summed E-state index contributed by atoms with van der Waals surface area (Å²) < 4.78 is 5.55. The Morgan fingerprint density at radius 3 is 3.21 bits per heavy atom. The molecule has 1 aromatic carbocycles. The number of hydrazine groups is 1. The van der Waals surface area contributed by atoms with Crippen LogP contribution in [0.5, 0.6) is 5.75 Å². The zero-order chi connectivity index (χ0) is 13.2. The first-order chi connectivity index (χ1) is 9.22. The zero-order valence-electron chi connectivity index (χ0n) is 10.5. The van der Waals surface area contributed by atoms with Gasteiger partial charge in [0, 0.05) is 36.0 Å². The highest BCUT2D eigenvalue weighted by Gasteiger charge is 2.21. The molecule has 0 bridgehead atoms. The fourth-order valence-corrected chi connectivity index (χ4v) is 2.72. The van der Waals surface area contributed by atoms with Crippen LogP contribution in [0.15, 0.2) is 12.1 Å². The average molecular weight is 282 g/mol. The molecule has 3 N–H and O–H groups in total. The molecule has 1 saturated heterocycles. The third-order valence-electron chi connectivity index (χ3n) is 3.38. The van der Waals surface area contributed by atoms with Crippen molar-refractivity contribution in [1.82, 2.24) is 10.9 Å². The van der Waals surface area contributed by atoms with Crippen molar-refractivity contribution in [2.24, 2.45) is 0 Å². The van der Waals surface area contributed by atoms with Gasteiger partial charge in [0.2, 0.25) is 5.91 Å². The van der Waals surface area contributed by atoms with Gasteiger partial charge in [0.1, 0.15) is 5.75 Å². The number of ether oxygens (including phenoxy) is 1. The predicted molar refractivity (Wildman–Crippen MR) is 73.4 cm³/mol. The third kappa shape index (κ3) is 2.83. The summed E-state index contributed by atoms with van der Waals surface area (Å²) in [5.74, 6) is 0.733. The van der Waals surface area contributed by atoms with E-state index in [-0.39, 0.29) is 11.9 Å². The molecule has 0 aromatic heterocycles. The maximum atomic E-state index is 12.0. The molecule has 102 valence electrons. The van der Waals surface area contributed by atoms with Crippen molar-refractivity contribution in [3.8, 4) is 5.75 Å². The summed E-state index contributed by atoms with van der Waals surface area (Å²) >= 11 is 6.05. The van der Waals surface area contributed by atoms with Crippen LogP contribution in [0.1, 0.15) is 18.4 Å². The van der Waals surface area contributed by atoms with Crippen molar-refractivity contribution in [2.75, 3.05) is 18.5 Å². The minimum absolute atomic E-state index is 0.0267. The van der Waals surface area contributed by atoms with Gasteiger partial charge in [-0.1, -0.05) is 11.6 Å². The summed E-state index contributed by atoms with van der Waals surface area (Å²) in [5, 5.41) is 3.52. The Hall–Kier alpha value is -1.30. The van der Waals surface area contributed by atoms with Crippen LogP contribution < -0.4 is 20.9 Å². The lowest BCUT2D eigenvalue weighted by Gasteiger charge is -2.12. The van der Waals surface area contributed by atoms with Crippen LogP contribution in [0.3, 0.4) is 0 Å². The molecular formula is C13H16ClN3O2. The molecule has 1 aromatic rings. The highest BCUT2D eigenvalue weighted by Crippen LogP contribution is 2.36. The SMILES string of the molecule is O=C(CC1CCNN1)Nc1cc(Cl)cc2c1OCC2. The van der Waals surface area contributed by atoms with Crippen molar-refractivity contribution < 1.29 is 9.53 Å². The molecule has 2 aliphatic rings. The Kier molecular flexibility index (Phi) is 3.59. The van der Waals surface area contributed by atoms with Crippen molar-refractivity contribution >= 4 is 23.2 Å². The van der Waals surface area contributed by atoms with Gasteiger partial charge in [-0.2, -0.15) is 0 Å². The maximum absolute atomic E-state index is 12.0. The lowest BCUT2D eigenvalue weighted by Crippen LogP contribution is -2.33. The van der Waals surface area contributed by atoms with Gasteiger partial charge >= 0.3 is 0 Å². The largest absolute Gasteiger partial charge is 0.491 e. The smallest absolute Gasteiger partial charge is 0.226 e. The number of nitrogens with one attached hydrogen (secondary N) is 3. The van der Waals surface area contributed by atoms with Gasteiger partial charge in [-0.15, -0.1) is 0 Å². The van der Waals surface area contributed by atoms with E-state index < -0.39 is 0 Å². The summed E-state index contributed by atoms with van der Waals surface area (Å²) in [7, 11) is 0. The molecule has 6 heteroatoms. The van der Waals surface area contributed by atoms with Crippen molar-refractivity contribution in [2.45, 2.75) is 25.3 Å². The molecule has 2 aliphatic heterocycles. The fraction of sp³-hybridized carbons (Fsp3) is 0.462. The van der Waals surface area contributed by atoms with E-state index in [9.17, 15) is 4.79 Å². The molecule has 0 spiro atoms. The third-order valence-corrected chi connectivity index (χ3v) is 3.60. The normalized spacial score (nSPS) is 21.0. The number of benzene rings is 1. The molecule has 19 heavy (non-hydrogen) atoms. The van der Waals surface area contributed by atoms with Crippen LogP contribution in [0, 0.1) is 0 Å². The number of amides is 1.